The number of para-hydroxylation sites is 1. The minimum absolute atomic E-state index is 0.151. The van der Waals surface area contributed by atoms with E-state index in [-0.39, 0.29) is 10.6 Å². The summed E-state index contributed by atoms with van der Waals surface area (Å²) in [5.41, 5.74) is -0.0220. The third-order valence-electron chi connectivity index (χ3n) is 2.60. The Bertz CT molecular complexity index is 756. The van der Waals surface area contributed by atoms with Crippen molar-refractivity contribution < 1.29 is 14.0 Å². The number of hydrogen-bond acceptors (Lipinski definition) is 2. The van der Waals surface area contributed by atoms with Gasteiger partial charge in [0.2, 0.25) is 0 Å². The molecule has 4 nitrogen and oxygen atoms in total. The highest BCUT2D eigenvalue weighted by atomic mass is 79.9. The largest absolute Gasteiger partial charge is 0.326 e. The molecule has 0 saturated carbocycles. The van der Waals surface area contributed by atoms with Crippen molar-refractivity contribution in [2.45, 2.75) is 0 Å². The summed E-state index contributed by atoms with van der Waals surface area (Å²) in [5, 5.41) is 4.85. The average Bonchev–Trinajstić information content (AvgIpc) is 2.45. The van der Waals surface area contributed by atoms with E-state index in [0.717, 1.165) is 12.1 Å². The summed E-state index contributed by atoms with van der Waals surface area (Å²) in [4.78, 5) is 23.6. The minimum Gasteiger partial charge on any atom is -0.306 e. The SMILES string of the molecule is O=C(NC(=O)c1cc(Cl)c(Br)cc1F)Nc1ccccc1Cl. The molecule has 0 unspecified atom stereocenters. The maximum atomic E-state index is 13.7. The van der Waals surface area contributed by atoms with E-state index in [4.69, 9.17) is 23.2 Å². The molecular formula is C14H8BrCl2FN2O2. The van der Waals surface area contributed by atoms with E-state index in [1.807, 2.05) is 5.32 Å². The predicted octanol–water partition coefficient (Wildman–Crippen LogP) is 4.86. The van der Waals surface area contributed by atoms with E-state index in [1.165, 1.54) is 0 Å². The van der Waals surface area contributed by atoms with Gasteiger partial charge in [-0.25, -0.2) is 9.18 Å². The van der Waals surface area contributed by atoms with Crippen LogP contribution in [0, 0.1) is 5.82 Å². The second-order valence-corrected chi connectivity index (χ2v) is 5.80. The highest BCUT2D eigenvalue weighted by Gasteiger charge is 2.17. The molecule has 0 radical (unpaired) electrons. The highest BCUT2D eigenvalue weighted by molar-refractivity contribution is 9.10. The van der Waals surface area contributed by atoms with Crippen LogP contribution in [0.15, 0.2) is 40.9 Å². The Morgan fingerprint density at radius 3 is 2.45 bits per heavy atom. The zero-order valence-corrected chi connectivity index (χ0v) is 13.9. The number of urea groups is 1. The van der Waals surface area contributed by atoms with Crippen molar-refractivity contribution in [3.8, 4) is 0 Å². The molecule has 0 aliphatic heterocycles. The van der Waals surface area contributed by atoms with Gasteiger partial charge in [-0.15, -0.1) is 0 Å². The lowest BCUT2D eigenvalue weighted by Gasteiger charge is -2.09. The summed E-state index contributed by atoms with van der Waals surface area (Å²) < 4.78 is 14.0. The fraction of sp³-hybridized carbons (Fsp3) is 0. The molecular weight excluding hydrogens is 398 g/mol. The quantitative estimate of drug-likeness (QED) is 0.701. The number of benzene rings is 2. The van der Waals surface area contributed by atoms with Crippen LogP contribution in [0.2, 0.25) is 10.0 Å². The smallest absolute Gasteiger partial charge is 0.306 e. The summed E-state index contributed by atoms with van der Waals surface area (Å²) in [6, 6.07) is 7.82. The Morgan fingerprint density at radius 2 is 1.77 bits per heavy atom. The number of carbonyl (C=O) groups is 2. The summed E-state index contributed by atoms with van der Waals surface area (Å²) in [5.74, 6) is -1.73. The zero-order chi connectivity index (χ0) is 16.3. The van der Waals surface area contributed by atoms with E-state index >= 15 is 0 Å². The Hall–Kier alpha value is -1.63. The predicted molar refractivity (Wildman–Crippen MR) is 87.0 cm³/mol. The van der Waals surface area contributed by atoms with E-state index in [9.17, 15) is 14.0 Å². The summed E-state index contributed by atoms with van der Waals surface area (Å²) in [6.45, 7) is 0. The minimum atomic E-state index is -0.920. The third-order valence-corrected chi connectivity index (χ3v) is 4.13. The van der Waals surface area contributed by atoms with Gasteiger partial charge < -0.3 is 5.32 Å². The van der Waals surface area contributed by atoms with E-state index in [2.05, 4.69) is 21.2 Å². The fourth-order valence-electron chi connectivity index (χ4n) is 1.58. The zero-order valence-electron chi connectivity index (χ0n) is 10.8. The molecule has 0 aliphatic carbocycles. The molecule has 2 N–H and O–H groups in total. The first kappa shape index (κ1) is 16.7. The van der Waals surface area contributed by atoms with Crippen LogP contribution >= 0.6 is 39.1 Å². The monoisotopic (exact) mass is 404 g/mol. The molecule has 8 heteroatoms. The average molecular weight is 406 g/mol. The summed E-state index contributed by atoms with van der Waals surface area (Å²) in [6.07, 6.45) is 0. The van der Waals surface area contributed by atoms with E-state index in [1.54, 1.807) is 24.3 Å². The van der Waals surface area contributed by atoms with E-state index in [0.29, 0.717) is 15.2 Å². The van der Waals surface area contributed by atoms with Crippen molar-refractivity contribution in [1.29, 1.82) is 0 Å². The van der Waals surface area contributed by atoms with Crippen LogP contribution in [0.1, 0.15) is 10.4 Å². The van der Waals surface area contributed by atoms with Gasteiger partial charge >= 0.3 is 6.03 Å². The lowest BCUT2D eigenvalue weighted by molar-refractivity contribution is 0.0963. The van der Waals surface area contributed by atoms with Gasteiger partial charge in [0.05, 0.1) is 21.3 Å². The van der Waals surface area contributed by atoms with Crippen LogP contribution in [0.25, 0.3) is 0 Å². The first-order valence-corrected chi connectivity index (χ1v) is 7.45. The molecule has 0 aliphatic rings. The van der Waals surface area contributed by atoms with Gasteiger partial charge in [0.25, 0.3) is 5.91 Å². The topological polar surface area (TPSA) is 58.2 Å². The van der Waals surface area contributed by atoms with E-state index < -0.39 is 17.8 Å². The number of hydrogen-bond donors (Lipinski definition) is 2. The standard InChI is InChI=1S/C14H8BrCl2FN2O2/c15-8-6-11(18)7(5-10(8)17)13(21)20-14(22)19-12-4-2-1-3-9(12)16/h1-6H,(H2,19,20,21,22). The fourth-order valence-corrected chi connectivity index (χ4v) is 2.25. The third kappa shape index (κ3) is 3.97. The van der Waals surface area contributed by atoms with Gasteiger partial charge in [0.1, 0.15) is 5.82 Å². The Morgan fingerprint density at radius 1 is 1.09 bits per heavy atom. The van der Waals surface area contributed by atoms with Crippen molar-refractivity contribution in [1.82, 2.24) is 5.32 Å². The lowest BCUT2D eigenvalue weighted by atomic mass is 10.2. The molecule has 0 heterocycles. The lowest BCUT2D eigenvalue weighted by Crippen LogP contribution is -2.34. The van der Waals surface area contributed by atoms with Gasteiger partial charge in [-0.05, 0) is 40.2 Å². The number of amides is 3. The number of rotatable bonds is 2. The molecule has 0 atom stereocenters. The van der Waals surface area contributed by atoms with Gasteiger partial charge in [0.15, 0.2) is 0 Å². The molecule has 0 fully saturated rings. The molecule has 114 valence electrons. The number of carbonyl (C=O) groups excluding carboxylic acids is 2. The van der Waals surface area contributed by atoms with Crippen LogP contribution in [-0.4, -0.2) is 11.9 Å². The molecule has 0 aromatic heterocycles. The normalized spacial score (nSPS) is 10.2. The van der Waals surface area contributed by atoms with Gasteiger partial charge in [-0.2, -0.15) is 0 Å². The number of anilines is 1. The Kier molecular flexibility index (Phi) is 5.39. The van der Waals surface area contributed by atoms with Crippen molar-refractivity contribution in [3.63, 3.8) is 0 Å². The van der Waals surface area contributed by atoms with Crippen LogP contribution in [0.3, 0.4) is 0 Å². The van der Waals surface area contributed by atoms with Crippen molar-refractivity contribution in [2.24, 2.45) is 0 Å². The number of halogens is 4. The van der Waals surface area contributed by atoms with Crippen LogP contribution in [0.4, 0.5) is 14.9 Å². The van der Waals surface area contributed by atoms with Crippen LogP contribution < -0.4 is 10.6 Å². The summed E-state index contributed by atoms with van der Waals surface area (Å²) in [7, 11) is 0. The molecule has 2 aromatic rings. The van der Waals surface area contributed by atoms with Gasteiger partial charge in [-0.1, -0.05) is 35.3 Å². The van der Waals surface area contributed by atoms with Crippen molar-refractivity contribution >= 4 is 56.8 Å². The van der Waals surface area contributed by atoms with Crippen LogP contribution in [-0.2, 0) is 0 Å². The Balaban J connectivity index is 2.11. The second-order valence-electron chi connectivity index (χ2n) is 4.13. The highest BCUT2D eigenvalue weighted by Crippen LogP contribution is 2.25. The first-order chi connectivity index (χ1) is 10.4. The maximum Gasteiger partial charge on any atom is 0.326 e. The molecule has 22 heavy (non-hydrogen) atoms. The van der Waals surface area contributed by atoms with Crippen LogP contribution in [0.5, 0.6) is 0 Å². The molecule has 0 spiro atoms. The molecule has 3 amide bonds. The van der Waals surface area contributed by atoms with Crippen molar-refractivity contribution in [3.05, 3.63) is 62.3 Å². The van der Waals surface area contributed by atoms with Crippen molar-refractivity contribution in [2.75, 3.05) is 5.32 Å². The first-order valence-electron chi connectivity index (χ1n) is 5.90. The Labute approximate surface area is 143 Å². The number of imide groups is 1. The molecule has 2 aromatic carbocycles. The summed E-state index contributed by atoms with van der Waals surface area (Å²) >= 11 is 14.7. The maximum absolute atomic E-state index is 13.7. The molecule has 2 rings (SSSR count). The molecule has 0 saturated heterocycles. The number of nitrogens with one attached hydrogen (secondary N) is 2. The van der Waals surface area contributed by atoms with Gasteiger partial charge in [0, 0.05) is 4.47 Å². The second kappa shape index (κ2) is 7.09. The van der Waals surface area contributed by atoms with Gasteiger partial charge in [-0.3, -0.25) is 10.1 Å². The molecule has 0 bridgehead atoms.